The first-order chi connectivity index (χ1) is 14.7. The van der Waals surface area contributed by atoms with E-state index in [4.69, 9.17) is 18.9 Å². The second-order valence-corrected chi connectivity index (χ2v) is 9.33. The van der Waals surface area contributed by atoms with Crippen LogP contribution in [-0.2, 0) is 23.7 Å². The third-order valence-electron chi connectivity index (χ3n) is 7.17. The van der Waals surface area contributed by atoms with Gasteiger partial charge in [0.15, 0.2) is 0 Å². The number of carbonyl (C=O) groups excluding carboxylic acids is 1. The second-order valence-electron chi connectivity index (χ2n) is 9.33. The van der Waals surface area contributed by atoms with Crippen LogP contribution in [0.3, 0.4) is 0 Å². The number of fused-ring (bicyclic) bond motifs is 1. The van der Waals surface area contributed by atoms with Gasteiger partial charge < -0.3 is 34.3 Å². The number of methoxy groups -OCH3 is 1. The number of hydrogen-bond acceptors (Lipinski definition) is 8. The lowest BCUT2D eigenvalue weighted by atomic mass is 9.79. The van der Waals surface area contributed by atoms with Gasteiger partial charge in [0.1, 0.15) is 0 Å². The zero-order valence-electron chi connectivity index (χ0n) is 18.8. The molecule has 10 atom stereocenters. The zero-order valence-corrected chi connectivity index (χ0v) is 18.8. The van der Waals surface area contributed by atoms with Crippen molar-refractivity contribution in [2.75, 3.05) is 13.7 Å². The van der Waals surface area contributed by atoms with Crippen LogP contribution in [0.25, 0.3) is 0 Å². The summed E-state index contributed by atoms with van der Waals surface area (Å²) in [5.41, 5.74) is 0.975. The van der Waals surface area contributed by atoms with Gasteiger partial charge in [0, 0.05) is 31.8 Å². The molecule has 3 rings (SSSR count). The number of esters is 1. The van der Waals surface area contributed by atoms with Crippen LogP contribution < -0.4 is 0 Å². The Balaban J connectivity index is 1.63. The smallest absolute Gasteiger partial charge is 0.305 e. The van der Waals surface area contributed by atoms with Gasteiger partial charge in [-0.2, -0.15) is 0 Å². The number of hydrogen-bond donors (Lipinski definition) is 3. The molecule has 8 nitrogen and oxygen atoms in total. The summed E-state index contributed by atoms with van der Waals surface area (Å²) < 4.78 is 23.2. The monoisotopic (exact) mass is 442 g/mol. The Bertz CT molecular complexity index is 625. The van der Waals surface area contributed by atoms with E-state index in [1.54, 1.807) is 0 Å². The molecule has 3 saturated heterocycles. The topological polar surface area (TPSA) is 115 Å². The molecule has 0 saturated carbocycles. The van der Waals surface area contributed by atoms with Crippen LogP contribution in [-0.4, -0.2) is 83.8 Å². The Morgan fingerprint density at radius 3 is 2.55 bits per heavy atom. The second kappa shape index (κ2) is 10.7. The van der Waals surface area contributed by atoms with Crippen LogP contribution >= 0.6 is 0 Å². The van der Waals surface area contributed by atoms with Crippen molar-refractivity contribution in [3.05, 3.63) is 12.2 Å². The summed E-state index contributed by atoms with van der Waals surface area (Å²) in [6, 6.07) is 0. The largest absolute Gasteiger partial charge is 0.469 e. The van der Waals surface area contributed by atoms with Crippen molar-refractivity contribution in [3.63, 3.8) is 0 Å². The molecule has 31 heavy (non-hydrogen) atoms. The van der Waals surface area contributed by atoms with Crippen molar-refractivity contribution in [2.45, 2.75) is 101 Å². The first-order valence-electron chi connectivity index (χ1n) is 11.4. The average Bonchev–Trinajstić information content (AvgIpc) is 2.74. The van der Waals surface area contributed by atoms with Gasteiger partial charge in [-0.25, -0.2) is 0 Å². The SMILES string of the molecule is C=C1C(CC2O[C@H]3C[C@@H](O)C(CCO)O[C@H]3[C@H](C)[C@H]2O)O[C@@H](CCC(=O)OC)C[C@H]1C. The van der Waals surface area contributed by atoms with E-state index in [9.17, 15) is 20.1 Å². The number of ether oxygens (including phenoxy) is 4. The van der Waals surface area contributed by atoms with Crippen molar-refractivity contribution < 1.29 is 39.1 Å². The summed E-state index contributed by atoms with van der Waals surface area (Å²) >= 11 is 0. The number of aliphatic hydroxyl groups is 3. The molecular formula is C23H38O8. The molecule has 0 aromatic rings. The van der Waals surface area contributed by atoms with Crippen molar-refractivity contribution in [2.24, 2.45) is 11.8 Å². The quantitative estimate of drug-likeness (QED) is 0.400. The maximum Gasteiger partial charge on any atom is 0.305 e. The van der Waals surface area contributed by atoms with Gasteiger partial charge >= 0.3 is 5.97 Å². The Labute approximate surface area is 184 Å². The van der Waals surface area contributed by atoms with E-state index in [2.05, 4.69) is 13.5 Å². The first kappa shape index (κ1) is 24.6. The molecule has 0 radical (unpaired) electrons. The minimum Gasteiger partial charge on any atom is -0.469 e. The Kier molecular flexibility index (Phi) is 8.51. The minimum absolute atomic E-state index is 0.0595. The van der Waals surface area contributed by atoms with Gasteiger partial charge in [0.2, 0.25) is 0 Å². The molecule has 3 aliphatic rings. The van der Waals surface area contributed by atoms with Crippen LogP contribution in [0.5, 0.6) is 0 Å². The van der Waals surface area contributed by atoms with Gasteiger partial charge in [-0.3, -0.25) is 4.79 Å². The molecule has 0 aromatic heterocycles. The van der Waals surface area contributed by atoms with E-state index in [1.807, 2.05) is 6.92 Å². The summed E-state index contributed by atoms with van der Waals surface area (Å²) in [6.45, 7) is 8.19. The Morgan fingerprint density at radius 2 is 1.87 bits per heavy atom. The van der Waals surface area contributed by atoms with Gasteiger partial charge in [-0.05, 0) is 30.8 Å². The summed E-state index contributed by atoms with van der Waals surface area (Å²) in [6.07, 6.45) is -0.432. The lowest BCUT2D eigenvalue weighted by Gasteiger charge is -2.50. The van der Waals surface area contributed by atoms with E-state index < -0.39 is 24.4 Å². The fourth-order valence-electron chi connectivity index (χ4n) is 5.14. The van der Waals surface area contributed by atoms with E-state index >= 15 is 0 Å². The molecule has 3 fully saturated rings. The Hall–Kier alpha value is -1.03. The summed E-state index contributed by atoms with van der Waals surface area (Å²) in [4.78, 5) is 11.5. The third kappa shape index (κ3) is 5.67. The van der Waals surface area contributed by atoms with E-state index in [1.165, 1.54) is 7.11 Å². The molecule has 0 amide bonds. The third-order valence-corrected chi connectivity index (χ3v) is 7.17. The number of rotatable bonds is 7. The predicted octanol–water partition coefficient (Wildman–Crippen LogP) is 1.34. The van der Waals surface area contributed by atoms with Crippen molar-refractivity contribution in [1.29, 1.82) is 0 Å². The molecule has 0 aliphatic carbocycles. The predicted molar refractivity (Wildman–Crippen MR) is 112 cm³/mol. The molecular weight excluding hydrogens is 404 g/mol. The van der Waals surface area contributed by atoms with Crippen molar-refractivity contribution in [1.82, 2.24) is 0 Å². The molecule has 3 unspecified atom stereocenters. The first-order valence-corrected chi connectivity index (χ1v) is 11.4. The van der Waals surface area contributed by atoms with Crippen molar-refractivity contribution >= 4 is 5.97 Å². The summed E-state index contributed by atoms with van der Waals surface area (Å²) in [5, 5.41) is 30.5. The molecule has 178 valence electrons. The summed E-state index contributed by atoms with van der Waals surface area (Å²) in [7, 11) is 1.38. The maximum atomic E-state index is 11.5. The highest BCUT2D eigenvalue weighted by molar-refractivity contribution is 5.69. The molecule has 0 aromatic carbocycles. The summed E-state index contributed by atoms with van der Waals surface area (Å²) in [5.74, 6) is -0.188. The van der Waals surface area contributed by atoms with Crippen LogP contribution in [0, 0.1) is 11.8 Å². The lowest BCUT2D eigenvalue weighted by molar-refractivity contribution is -0.269. The van der Waals surface area contributed by atoms with Gasteiger partial charge in [0.05, 0.1) is 55.9 Å². The fourth-order valence-corrected chi connectivity index (χ4v) is 5.14. The highest BCUT2D eigenvalue weighted by Crippen LogP contribution is 2.40. The number of carbonyl (C=O) groups is 1. The molecule has 0 bridgehead atoms. The zero-order chi connectivity index (χ0) is 22.7. The molecule has 3 N–H and O–H groups in total. The molecule has 0 spiro atoms. The van der Waals surface area contributed by atoms with Gasteiger partial charge in [-0.1, -0.05) is 20.4 Å². The normalized spacial score (nSPS) is 43.4. The highest BCUT2D eigenvalue weighted by atomic mass is 16.6. The van der Waals surface area contributed by atoms with E-state index in [0.29, 0.717) is 32.1 Å². The highest BCUT2D eigenvalue weighted by Gasteiger charge is 2.49. The maximum absolute atomic E-state index is 11.5. The number of aliphatic hydroxyl groups excluding tert-OH is 3. The van der Waals surface area contributed by atoms with Gasteiger partial charge in [0.25, 0.3) is 0 Å². The van der Waals surface area contributed by atoms with Crippen LogP contribution in [0.4, 0.5) is 0 Å². The van der Waals surface area contributed by atoms with Crippen LogP contribution in [0.15, 0.2) is 12.2 Å². The lowest BCUT2D eigenvalue weighted by Crippen LogP contribution is -2.60. The van der Waals surface area contributed by atoms with E-state index in [-0.39, 0.29) is 48.8 Å². The standard InChI is InChI=1S/C23H38O8/c1-12-9-15(5-6-21(26)28-4)29-18(13(12)2)11-19-22(27)14(3)23-20(30-19)10-16(25)17(31-23)7-8-24/h12,14-20,22-25,27H,2,5-11H2,1,3-4H3/t12-,14-,15+,16-,17?,18?,19?,20+,22-,23+/m1/s1. The average molecular weight is 443 g/mol. The minimum atomic E-state index is -0.742. The molecule has 3 aliphatic heterocycles. The van der Waals surface area contributed by atoms with E-state index in [0.717, 1.165) is 12.0 Å². The molecule has 3 heterocycles. The fraction of sp³-hybridized carbons (Fsp3) is 0.870. The van der Waals surface area contributed by atoms with Crippen molar-refractivity contribution in [3.8, 4) is 0 Å². The van der Waals surface area contributed by atoms with Crippen LogP contribution in [0.2, 0.25) is 0 Å². The van der Waals surface area contributed by atoms with Gasteiger partial charge in [-0.15, -0.1) is 0 Å². The molecule has 8 heteroatoms. The Morgan fingerprint density at radius 1 is 1.13 bits per heavy atom. The van der Waals surface area contributed by atoms with Crippen LogP contribution in [0.1, 0.15) is 52.4 Å².